The summed E-state index contributed by atoms with van der Waals surface area (Å²) in [5.41, 5.74) is 1.20. The van der Waals surface area contributed by atoms with Crippen molar-refractivity contribution in [3.8, 4) is 0 Å². The first kappa shape index (κ1) is 13.8. The number of aromatic nitrogens is 1. The molecular formula is C11H14N4O2S2. The molecule has 2 aromatic rings. The molecular weight excluding hydrogens is 284 g/mol. The topological polar surface area (TPSA) is 97.1 Å². The number of thiazole rings is 1. The van der Waals surface area contributed by atoms with Crippen LogP contribution in [0.25, 0.3) is 0 Å². The second kappa shape index (κ2) is 5.55. The zero-order valence-electron chi connectivity index (χ0n) is 10.2. The van der Waals surface area contributed by atoms with Gasteiger partial charge in [-0.25, -0.2) is 10.1 Å². The minimum Gasteiger partial charge on any atom is -0.376 e. The summed E-state index contributed by atoms with van der Waals surface area (Å²) < 4.78 is 24.1. The lowest BCUT2D eigenvalue weighted by atomic mass is 10.2. The van der Waals surface area contributed by atoms with E-state index in [2.05, 4.69) is 15.0 Å². The van der Waals surface area contributed by atoms with E-state index in [1.54, 1.807) is 35.7 Å². The number of rotatable bonds is 5. The Kier molecular flexibility index (Phi) is 4.03. The lowest BCUT2D eigenvalue weighted by Crippen LogP contribution is -2.21. The van der Waals surface area contributed by atoms with Crippen molar-refractivity contribution in [2.75, 3.05) is 10.0 Å². The fraction of sp³-hybridized carbons (Fsp3) is 0.182. The molecule has 0 bridgehead atoms. The highest BCUT2D eigenvalue weighted by molar-refractivity contribution is 7.90. The third-order valence-electron chi connectivity index (χ3n) is 2.33. The Morgan fingerprint density at radius 3 is 2.74 bits per heavy atom. The fourth-order valence-corrected chi connectivity index (χ4v) is 2.70. The Bertz CT molecular complexity index is 640. The highest BCUT2D eigenvalue weighted by atomic mass is 32.2. The first-order valence-electron chi connectivity index (χ1n) is 5.50. The standard InChI is InChI=1S/C11H14N4O2S2/c1-8(11-13-5-6-18-11)14-9-3-2-4-10(7-9)15-19(12,16)17/h2-8,14-15H,1H3,(H2,12,16,17). The van der Waals surface area contributed by atoms with E-state index in [-0.39, 0.29) is 6.04 Å². The van der Waals surface area contributed by atoms with Crippen LogP contribution in [0.2, 0.25) is 0 Å². The molecule has 1 atom stereocenters. The predicted molar refractivity (Wildman–Crippen MR) is 77.3 cm³/mol. The van der Waals surface area contributed by atoms with Gasteiger partial charge in [0, 0.05) is 17.3 Å². The third-order valence-corrected chi connectivity index (χ3v) is 3.81. The van der Waals surface area contributed by atoms with Crippen molar-refractivity contribution in [1.82, 2.24) is 4.98 Å². The van der Waals surface area contributed by atoms with Crippen molar-refractivity contribution in [1.29, 1.82) is 0 Å². The van der Waals surface area contributed by atoms with E-state index < -0.39 is 10.2 Å². The van der Waals surface area contributed by atoms with Gasteiger partial charge in [-0.3, -0.25) is 4.72 Å². The van der Waals surface area contributed by atoms with Crippen LogP contribution in [0.1, 0.15) is 18.0 Å². The highest BCUT2D eigenvalue weighted by Gasteiger charge is 2.08. The van der Waals surface area contributed by atoms with Crippen molar-refractivity contribution < 1.29 is 8.42 Å². The SMILES string of the molecule is CC(Nc1cccc(NS(N)(=O)=O)c1)c1nccs1. The smallest absolute Gasteiger partial charge is 0.296 e. The predicted octanol–water partition coefficient (Wildman–Crippen LogP) is 1.93. The van der Waals surface area contributed by atoms with E-state index in [0.29, 0.717) is 5.69 Å². The Labute approximate surface area is 115 Å². The summed E-state index contributed by atoms with van der Waals surface area (Å²) in [5, 5.41) is 11.0. The van der Waals surface area contributed by atoms with Crippen LogP contribution in [0.3, 0.4) is 0 Å². The zero-order chi connectivity index (χ0) is 13.9. The van der Waals surface area contributed by atoms with E-state index in [0.717, 1.165) is 10.7 Å². The van der Waals surface area contributed by atoms with E-state index in [1.807, 2.05) is 18.4 Å². The second-order valence-corrected chi connectivity index (χ2v) is 6.18. The molecule has 0 aliphatic carbocycles. The molecule has 0 spiro atoms. The van der Waals surface area contributed by atoms with E-state index in [4.69, 9.17) is 5.14 Å². The molecule has 0 saturated heterocycles. The molecule has 8 heteroatoms. The third kappa shape index (κ3) is 4.19. The number of nitrogens with zero attached hydrogens (tertiary/aromatic N) is 1. The van der Waals surface area contributed by atoms with Crippen LogP contribution in [0.15, 0.2) is 35.8 Å². The molecule has 1 unspecified atom stereocenters. The number of hydrogen-bond donors (Lipinski definition) is 3. The summed E-state index contributed by atoms with van der Waals surface area (Å²) in [6.45, 7) is 1.98. The lowest BCUT2D eigenvalue weighted by Gasteiger charge is -2.13. The number of nitrogens with one attached hydrogen (secondary N) is 2. The number of hydrogen-bond acceptors (Lipinski definition) is 5. The Hall–Kier alpha value is -1.64. The molecule has 1 heterocycles. The summed E-state index contributed by atoms with van der Waals surface area (Å²) in [6.07, 6.45) is 1.75. The summed E-state index contributed by atoms with van der Waals surface area (Å²) in [5.74, 6) is 0. The number of benzene rings is 1. The van der Waals surface area contributed by atoms with E-state index in [1.165, 1.54) is 0 Å². The van der Waals surface area contributed by atoms with Gasteiger partial charge in [-0.15, -0.1) is 11.3 Å². The normalized spacial score (nSPS) is 12.9. The molecule has 2 rings (SSSR count). The molecule has 0 aliphatic heterocycles. The molecule has 0 saturated carbocycles. The van der Waals surface area contributed by atoms with Gasteiger partial charge in [-0.2, -0.15) is 8.42 Å². The van der Waals surface area contributed by atoms with Crippen LogP contribution in [0.5, 0.6) is 0 Å². The summed E-state index contributed by atoms with van der Waals surface area (Å²) in [6, 6.07) is 6.94. The molecule has 4 N–H and O–H groups in total. The van der Waals surface area contributed by atoms with Crippen molar-refractivity contribution in [3.05, 3.63) is 40.8 Å². The minimum absolute atomic E-state index is 0.0460. The Morgan fingerprint density at radius 1 is 1.37 bits per heavy atom. The van der Waals surface area contributed by atoms with Crippen molar-refractivity contribution in [3.63, 3.8) is 0 Å². The quantitative estimate of drug-likeness (QED) is 0.785. The van der Waals surface area contributed by atoms with Gasteiger partial charge in [0.05, 0.1) is 11.7 Å². The number of nitrogens with two attached hydrogens (primary N) is 1. The summed E-state index contributed by atoms with van der Waals surface area (Å²) >= 11 is 1.56. The van der Waals surface area contributed by atoms with Crippen LogP contribution < -0.4 is 15.2 Å². The van der Waals surface area contributed by atoms with Crippen LogP contribution in [0, 0.1) is 0 Å². The average molecular weight is 298 g/mol. The summed E-state index contributed by atoms with van der Waals surface area (Å²) in [7, 11) is -3.75. The average Bonchev–Trinajstić information content (AvgIpc) is 2.80. The largest absolute Gasteiger partial charge is 0.376 e. The lowest BCUT2D eigenvalue weighted by molar-refractivity contribution is 0.603. The van der Waals surface area contributed by atoms with Crippen molar-refractivity contribution in [2.45, 2.75) is 13.0 Å². The first-order chi connectivity index (χ1) is 8.94. The van der Waals surface area contributed by atoms with Crippen molar-refractivity contribution >= 4 is 32.9 Å². The second-order valence-electron chi connectivity index (χ2n) is 3.96. The molecule has 0 aliphatic rings. The minimum atomic E-state index is -3.75. The highest BCUT2D eigenvalue weighted by Crippen LogP contribution is 2.23. The molecule has 1 aromatic heterocycles. The van der Waals surface area contributed by atoms with Crippen molar-refractivity contribution in [2.24, 2.45) is 5.14 Å². The van der Waals surface area contributed by atoms with Gasteiger partial charge < -0.3 is 5.32 Å². The molecule has 0 amide bonds. The first-order valence-corrected chi connectivity index (χ1v) is 7.93. The Morgan fingerprint density at radius 2 is 2.11 bits per heavy atom. The molecule has 1 aromatic carbocycles. The van der Waals surface area contributed by atoms with Crippen LogP contribution in [-0.2, 0) is 10.2 Å². The van der Waals surface area contributed by atoms with Gasteiger partial charge in [0.1, 0.15) is 5.01 Å². The van der Waals surface area contributed by atoms with E-state index >= 15 is 0 Å². The van der Waals surface area contributed by atoms with Gasteiger partial charge >= 0.3 is 0 Å². The van der Waals surface area contributed by atoms with Crippen LogP contribution in [-0.4, -0.2) is 13.4 Å². The molecule has 102 valence electrons. The van der Waals surface area contributed by atoms with Gasteiger partial charge in [-0.05, 0) is 25.1 Å². The zero-order valence-corrected chi connectivity index (χ0v) is 11.8. The van der Waals surface area contributed by atoms with Gasteiger partial charge in [0.2, 0.25) is 0 Å². The maximum Gasteiger partial charge on any atom is 0.296 e. The maximum absolute atomic E-state index is 11.0. The molecule has 0 fully saturated rings. The van der Waals surface area contributed by atoms with Crippen LogP contribution >= 0.6 is 11.3 Å². The summed E-state index contributed by atoms with van der Waals surface area (Å²) in [4.78, 5) is 4.22. The van der Waals surface area contributed by atoms with E-state index in [9.17, 15) is 8.42 Å². The Balaban J connectivity index is 2.11. The van der Waals surface area contributed by atoms with Gasteiger partial charge in [0.15, 0.2) is 0 Å². The van der Waals surface area contributed by atoms with Gasteiger partial charge in [0.25, 0.3) is 10.2 Å². The monoisotopic (exact) mass is 298 g/mol. The van der Waals surface area contributed by atoms with Crippen LogP contribution in [0.4, 0.5) is 11.4 Å². The van der Waals surface area contributed by atoms with Gasteiger partial charge in [-0.1, -0.05) is 6.07 Å². The fourth-order valence-electron chi connectivity index (χ4n) is 1.60. The molecule has 0 radical (unpaired) electrons. The molecule has 19 heavy (non-hydrogen) atoms. The molecule has 6 nitrogen and oxygen atoms in total. The number of anilines is 2. The maximum atomic E-state index is 11.0.